The Labute approximate surface area is 127 Å². The van der Waals surface area contributed by atoms with Crippen LogP contribution in [0.3, 0.4) is 0 Å². The van der Waals surface area contributed by atoms with Crippen molar-refractivity contribution in [3.63, 3.8) is 0 Å². The lowest BCUT2D eigenvalue weighted by Crippen LogP contribution is -2.28. The van der Waals surface area contributed by atoms with Crippen LogP contribution in [0.4, 0.5) is 0 Å². The number of pyridine rings is 1. The molecule has 0 aromatic carbocycles. The highest BCUT2D eigenvalue weighted by atomic mass is 79.9. The maximum atomic E-state index is 11.7. The number of sulfonamides is 1. The Balaban J connectivity index is 1.93. The normalized spacial score (nSPS) is 12.1. The van der Waals surface area contributed by atoms with Crippen molar-refractivity contribution < 1.29 is 8.42 Å². The molecule has 0 aliphatic rings. The summed E-state index contributed by atoms with van der Waals surface area (Å²) in [6.07, 6.45) is 6.00. The van der Waals surface area contributed by atoms with Gasteiger partial charge >= 0.3 is 0 Å². The second kappa shape index (κ2) is 6.69. The van der Waals surface area contributed by atoms with Crippen molar-refractivity contribution in [1.29, 1.82) is 0 Å². The molecule has 0 fully saturated rings. The van der Waals surface area contributed by atoms with E-state index in [9.17, 15) is 8.42 Å². The third-order valence-corrected chi connectivity index (χ3v) is 4.87. The molecule has 7 heteroatoms. The molecule has 0 unspecified atom stereocenters. The van der Waals surface area contributed by atoms with E-state index in [0.29, 0.717) is 19.4 Å². The van der Waals surface area contributed by atoms with E-state index in [1.165, 1.54) is 0 Å². The van der Waals surface area contributed by atoms with Crippen LogP contribution in [0.2, 0.25) is 0 Å². The highest BCUT2D eigenvalue weighted by Gasteiger charge is 2.09. The van der Waals surface area contributed by atoms with Crippen LogP contribution in [0.5, 0.6) is 0 Å². The van der Waals surface area contributed by atoms with E-state index < -0.39 is 10.0 Å². The number of nitrogens with zero attached hydrogens (tertiary/aromatic N) is 2. The molecule has 5 nitrogen and oxygen atoms in total. The van der Waals surface area contributed by atoms with Crippen molar-refractivity contribution in [2.24, 2.45) is 0 Å². The maximum absolute atomic E-state index is 11.7. The lowest BCUT2D eigenvalue weighted by Gasteiger charge is -2.04. The quantitative estimate of drug-likeness (QED) is 0.825. The lowest BCUT2D eigenvalue weighted by molar-refractivity contribution is 0.578. The third-order valence-electron chi connectivity index (χ3n) is 2.93. The molecule has 0 spiro atoms. The topological polar surface area (TPSA) is 63.5 Å². The summed E-state index contributed by atoms with van der Waals surface area (Å²) in [7, 11) is -3.14. The van der Waals surface area contributed by atoms with Gasteiger partial charge in [-0.3, -0.25) is 0 Å². The Bertz CT molecular complexity index is 682. The number of rotatable bonds is 7. The Morgan fingerprint density at radius 3 is 2.90 bits per heavy atom. The predicted molar refractivity (Wildman–Crippen MR) is 83.3 cm³/mol. The molecular formula is C13H18BrN3O2S. The molecule has 0 saturated carbocycles. The van der Waals surface area contributed by atoms with Crippen molar-refractivity contribution >= 4 is 31.6 Å². The fourth-order valence-electron chi connectivity index (χ4n) is 1.88. The number of fused-ring (bicyclic) bond motifs is 1. The van der Waals surface area contributed by atoms with Gasteiger partial charge in [-0.1, -0.05) is 13.3 Å². The minimum atomic E-state index is -3.14. The molecule has 2 aromatic rings. The molecule has 110 valence electrons. The Hall–Kier alpha value is -0.920. The van der Waals surface area contributed by atoms with Crippen LogP contribution in [0.25, 0.3) is 5.65 Å². The van der Waals surface area contributed by atoms with Crippen molar-refractivity contribution in [3.05, 3.63) is 34.7 Å². The van der Waals surface area contributed by atoms with E-state index in [4.69, 9.17) is 0 Å². The van der Waals surface area contributed by atoms with Gasteiger partial charge in [-0.25, -0.2) is 18.1 Å². The summed E-state index contributed by atoms with van der Waals surface area (Å²) in [5.41, 5.74) is 1.73. The fraction of sp³-hybridized carbons (Fsp3) is 0.462. The molecule has 0 saturated heterocycles. The minimum absolute atomic E-state index is 0.196. The van der Waals surface area contributed by atoms with E-state index in [2.05, 4.69) is 25.6 Å². The van der Waals surface area contributed by atoms with Crippen molar-refractivity contribution in [2.75, 3.05) is 12.3 Å². The molecule has 0 aliphatic heterocycles. The molecule has 20 heavy (non-hydrogen) atoms. The van der Waals surface area contributed by atoms with Gasteiger partial charge in [0, 0.05) is 29.8 Å². The van der Waals surface area contributed by atoms with Gasteiger partial charge in [-0.05, 0) is 34.5 Å². The van der Waals surface area contributed by atoms with E-state index >= 15 is 0 Å². The van der Waals surface area contributed by atoms with Gasteiger partial charge in [0.15, 0.2) is 0 Å². The van der Waals surface area contributed by atoms with Gasteiger partial charge in [0.1, 0.15) is 5.65 Å². The molecule has 0 atom stereocenters. The average molecular weight is 360 g/mol. The first kappa shape index (κ1) is 15.5. The van der Waals surface area contributed by atoms with Gasteiger partial charge < -0.3 is 4.40 Å². The summed E-state index contributed by atoms with van der Waals surface area (Å²) in [6, 6.07) is 3.85. The number of aromatic nitrogens is 2. The van der Waals surface area contributed by atoms with E-state index in [1.54, 1.807) is 0 Å². The molecule has 1 N–H and O–H groups in total. The zero-order chi connectivity index (χ0) is 14.6. The van der Waals surface area contributed by atoms with Gasteiger partial charge in [0.2, 0.25) is 10.0 Å². The van der Waals surface area contributed by atoms with Gasteiger partial charge in [-0.15, -0.1) is 0 Å². The third kappa shape index (κ3) is 4.29. The molecule has 2 aromatic heterocycles. The van der Waals surface area contributed by atoms with E-state index in [0.717, 1.165) is 22.2 Å². The zero-order valence-corrected chi connectivity index (χ0v) is 13.7. The van der Waals surface area contributed by atoms with Crippen LogP contribution in [-0.2, 0) is 16.4 Å². The van der Waals surface area contributed by atoms with Crippen molar-refractivity contribution in [3.8, 4) is 0 Å². The first-order valence-corrected chi connectivity index (χ1v) is 9.05. The van der Waals surface area contributed by atoms with Crippen molar-refractivity contribution in [1.82, 2.24) is 14.1 Å². The van der Waals surface area contributed by atoms with Crippen LogP contribution < -0.4 is 4.72 Å². The highest BCUT2D eigenvalue weighted by molar-refractivity contribution is 9.10. The average Bonchev–Trinajstić information content (AvgIpc) is 2.78. The Morgan fingerprint density at radius 2 is 2.15 bits per heavy atom. The summed E-state index contributed by atoms with van der Waals surface area (Å²) < 4.78 is 28.8. The summed E-state index contributed by atoms with van der Waals surface area (Å²) >= 11 is 3.40. The number of unbranched alkanes of at least 4 members (excludes halogenated alkanes) is 1. The SMILES string of the molecule is CCCCS(=O)(=O)NCCc1cn2cc(Br)ccc2n1. The number of hydrogen-bond donors (Lipinski definition) is 1. The van der Waals surface area contributed by atoms with Crippen molar-refractivity contribution in [2.45, 2.75) is 26.2 Å². The van der Waals surface area contributed by atoms with Crippen LogP contribution in [-0.4, -0.2) is 30.1 Å². The first-order valence-electron chi connectivity index (χ1n) is 6.60. The monoisotopic (exact) mass is 359 g/mol. The molecule has 0 radical (unpaired) electrons. The molecule has 0 amide bonds. The highest BCUT2D eigenvalue weighted by Crippen LogP contribution is 2.12. The Morgan fingerprint density at radius 1 is 1.35 bits per heavy atom. The largest absolute Gasteiger partial charge is 0.306 e. The van der Waals surface area contributed by atoms with Gasteiger partial charge in [0.05, 0.1) is 11.4 Å². The van der Waals surface area contributed by atoms with E-state index in [1.807, 2.05) is 35.9 Å². The van der Waals surface area contributed by atoms with E-state index in [-0.39, 0.29) is 5.75 Å². The lowest BCUT2D eigenvalue weighted by atomic mass is 10.3. The van der Waals surface area contributed by atoms with Crippen LogP contribution in [0.1, 0.15) is 25.5 Å². The number of nitrogens with one attached hydrogen (secondary N) is 1. The van der Waals surface area contributed by atoms with Crippen LogP contribution in [0.15, 0.2) is 29.0 Å². The molecule has 0 bridgehead atoms. The fourth-order valence-corrected chi connectivity index (χ4v) is 3.46. The second-order valence-corrected chi connectivity index (χ2v) is 7.50. The van der Waals surface area contributed by atoms with Gasteiger partial charge in [-0.2, -0.15) is 0 Å². The predicted octanol–water partition coefficient (Wildman–Crippen LogP) is 2.36. The number of hydrogen-bond acceptors (Lipinski definition) is 3. The maximum Gasteiger partial charge on any atom is 0.211 e. The summed E-state index contributed by atoms with van der Waals surface area (Å²) in [5, 5.41) is 0. The minimum Gasteiger partial charge on any atom is -0.306 e. The summed E-state index contributed by atoms with van der Waals surface area (Å²) in [6.45, 7) is 2.36. The van der Waals surface area contributed by atoms with Gasteiger partial charge in [0.25, 0.3) is 0 Å². The Kier molecular flexibility index (Phi) is 5.17. The molecule has 2 heterocycles. The number of halogens is 1. The molecule has 0 aliphatic carbocycles. The summed E-state index contributed by atoms with van der Waals surface area (Å²) in [5.74, 6) is 0.196. The summed E-state index contributed by atoms with van der Waals surface area (Å²) in [4.78, 5) is 4.44. The molecule has 2 rings (SSSR count). The zero-order valence-electron chi connectivity index (χ0n) is 11.3. The standard InChI is InChI=1S/C13H18BrN3O2S/c1-2-3-8-20(18,19)15-7-6-12-10-17-9-11(14)4-5-13(17)16-12/h4-5,9-10,15H,2-3,6-8H2,1H3. The second-order valence-electron chi connectivity index (χ2n) is 4.66. The van der Waals surface area contributed by atoms with Crippen LogP contribution in [0, 0.1) is 0 Å². The number of imidazole rings is 1. The smallest absolute Gasteiger partial charge is 0.211 e. The van der Waals surface area contributed by atoms with Crippen LogP contribution >= 0.6 is 15.9 Å². The molecular weight excluding hydrogens is 342 g/mol. The first-order chi connectivity index (χ1) is 9.50.